The minimum Gasteiger partial charge on any atom is -0.436 e. The molecule has 5 nitrogen and oxygen atoms in total. The second-order valence-electron chi connectivity index (χ2n) is 3.47. The molecule has 3 aromatic heterocycles. The molecule has 0 saturated carbocycles. The molecule has 0 aliphatic carbocycles. The van der Waals surface area contributed by atoms with Crippen LogP contribution in [0, 0.1) is 0 Å². The summed E-state index contributed by atoms with van der Waals surface area (Å²) in [6.07, 6.45) is 3.29. The summed E-state index contributed by atoms with van der Waals surface area (Å²) in [7, 11) is 0. The van der Waals surface area contributed by atoms with E-state index in [0.717, 1.165) is 14.7 Å². The maximum absolute atomic E-state index is 5.69. The lowest BCUT2D eigenvalue weighted by Gasteiger charge is -2.06. The first-order valence-electron chi connectivity index (χ1n) is 5.01. The van der Waals surface area contributed by atoms with E-state index in [1.54, 1.807) is 12.4 Å². The van der Waals surface area contributed by atoms with Gasteiger partial charge >= 0.3 is 0 Å². The number of aromatic nitrogens is 3. The maximum atomic E-state index is 5.69. The van der Waals surface area contributed by atoms with Crippen molar-refractivity contribution in [1.82, 2.24) is 15.0 Å². The minimum atomic E-state index is 0.197. The van der Waals surface area contributed by atoms with E-state index in [4.69, 9.17) is 10.5 Å². The molecule has 0 aliphatic heterocycles. The van der Waals surface area contributed by atoms with Crippen LogP contribution in [0.15, 0.2) is 34.4 Å². The number of thiophene rings is 1. The van der Waals surface area contributed by atoms with Gasteiger partial charge in [-0.3, -0.25) is 4.98 Å². The standard InChI is InChI=1S/C11H7BrN4OS/c12-6-3-7(5-14-4-6)17-9-8-1-2-18-10(8)16-11(13)15-9/h1-5H,(H2,13,15,16). The van der Waals surface area contributed by atoms with E-state index in [9.17, 15) is 0 Å². The van der Waals surface area contributed by atoms with Gasteiger partial charge < -0.3 is 10.5 Å². The van der Waals surface area contributed by atoms with Crippen LogP contribution in [0.3, 0.4) is 0 Å². The Morgan fingerprint density at radius 1 is 1.28 bits per heavy atom. The second-order valence-corrected chi connectivity index (χ2v) is 5.28. The van der Waals surface area contributed by atoms with Crippen LogP contribution in [0.1, 0.15) is 0 Å². The zero-order chi connectivity index (χ0) is 12.5. The Morgan fingerprint density at radius 2 is 2.17 bits per heavy atom. The van der Waals surface area contributed by atoms with Crippen LogP contribution in [-0.4, -0.2) is 15.0 Å². The third kappa shape index (κ3) is 2.14. The van der Waals surface area contributed by atoms with Gasteiger partial charge in [-0.25, -0.2) is 4.98 Å². The lowest BCUT2D eigenvalue weighted by atomic mass is 10.4. The Morgan fingerprint density at radius 3 is 3.00 bits per heavy atom. The van der Waals surface area contributed by atoms with Gasteiger partial charge in [0.1, 0.15) is 10.6 Å². The van der Waals surface area contributed by atoms with E-state index >= 15 is 0 Å². The number of hydrogen-bond donors (Lipinski definition) is 1. The maximum Gasteiger partial charge on any atom is 0.232 e. The number of hydrogen-bond acceptors (Lipinski definition) is 6. The van der Waals surface area contributed by atoms with Crippen molar-refractivity contribution in [3.63, 3.8) is 0 Å². The van der Waals surface area contributed by atoms with E-state index < -0.39 is 0 Å². The number of rotatable bonds is 2. The number of ether oxygens (including phenoxy) is 1. The van der Waals surface area contributed by atoms with E-state index in [1.807, 2.05) is 17.5 Å². The minimum absolute atomic E-state index is 0.197. The van der Waals surface area contributed by atoms with Crippen LogP contribution in [-0.2, 0) is 0 Å². The van der Waals surface area contributed by atoms with E-state index in [-0.39, 0.29) is 5.95 Å². The summed E-state index contributed by atoms with van der Waals surface area (Å²) in [5, 5.41) is 2.76. The fraction of sp³-hybridized carbons (Fsp3) is 0. The lowest BCUT2D eigenvalue weighted by Crippen LogP contribution is -1.97. The first-order chi connectivity index (χ1) is 8.72. The molecule has 0 bridgehead atoms. The molecule has 0 saturated heterocycles. The van der Waals surface area contributed by atoms with Crippen LogP contribution in [0.4, 0.5) is 5.95 Å². The van der Waals surface area contributed by atoms with Gasteiger partial charge in [0.25, 0.3) is 0 Å². The van der Waals surface area contributed by atoms with Crippen molar-refractivity contribution in [3.8, 4) is 11.6 Å². The Bertz CT molecular complexity index is 715. The van der Waals surface area contributed by atoms with Crippen LogP contribution in [0.5, 0.6) is 11.6 Å². The third-order valence-electron chi connectivity index (χ3n) is 2.20. The monoisotopic (exact) mass is 322 g/mol. The molecule has 0 fully saturated rings. The van der Waals surface area contributed by atoms with Gasteiger partial charge in [0.05, 0.1) is 11.6 Å². The van der Waals surface area contributed by atoms with E-state index in [2.05, 4.69) is 30.9 Å². The summed E-state index contributed by atoms with van der Waals surface area (Å²) in [4.78, 5) is 13.1. The largest absolute Gasteiger partial charge is 0.436 e. The van der Waals surface area contributed by atoms with Gasteiger partial charge in [0.15, 0.2) is 0 Å². The Hall–Kier alpha value is -1.73. The number of nitrogens with zero attached hydrogens (tertiary/aromatic N) is 3. The number of nitrogen functional groups attached to an aromatic ring is 1. The zero-order valence-corrected chi connectivity index (χ0v) is 11.4. The van der Waals surface area contributed by atoms with Gasteiger partial charge in [-0.1, -0.05) is 0 Å². The fourth-order valence-electron chi connectivity index (χ4n) is 1.48. The molecule has 3 aromatic rings. The molecule has 18 heavy (non-hydrogen) atoms. The summed E-state index contributed by atoms with van der Waals surface area (Å²) >= 11 is 4.83. The summed E-state index contributed by atoms with van der Waals surface area (Å²) in [5.41, 5.74) is 5.65. The van der Waals surface area contributed by atoms with Crippen molar-refractivity contribution in [2.45, 2.75) is 0 Å². The van der Waals surface area contributed by atoms with Crippen LogP contribution in [0.25, 0.3) is 10.2 Å². The number of fused-ring (bicyclic) bond motifs is 1. The van der Waals surface area contributed by atoms with Crippen molar-refractivity contribution in [3.05, 3.63) is 34.4 Å². The van der Waals surface area contributed by atoms with Gasteiger partial charge in [0.2, 0.25) is 11.8 Å². The van der Waals surface area contributed by atoms with Crippen molar-refractivity contribution in [1.29, 1.82) is 0 Å². The predicted octanol–water partition coefficient (Wildman–Crippen LogP) is 3.22. The predicted molar refractivity (Wildman–Crippen MR) is 73.8 cm³/mol. The van der Waals surface area contributed by atoms with Crippen LogP contribution < -0.4 is 10.5 Å². The molecule has 0 aliphatic rings. The fourth-order valence-corrected chi connectivity index (χ4v) is 2.59. The Labute approximate surface area is 115 Å². The lowest BCUT2D eigenvalue weighted by molar-refractivity contribution is 0.467. The highest BCUT2D eigenvalue weighted by Gasteiger charge is 2.09. The van der Waals surface area contributed by atoms with Crippen LogP contribution >= 0.6 is 27.3 Å². The number of anilines is 1. The topological polar surface area (TPSA) is 73.9 Å². The molecule has 3 heterocycles. The van der Waals surface area contributed by atoms with Crippen molar-refractivity contribution in [2.75, 3.05) is 5.73 Å². The van der Waals surface area contributed by atoms with E-state index in [1.165, 1.54) is 11.3 Å². The van der Waals surface area contributed by atoms with E-state index in [0.29, 0.717) is 11.6 Å². The van der Waals surface area contributed by atoms with Crippen molar-refractivity contribution >= 4 is 43.4 Å². The SMILES string of the molecule is Nc1nc(Oc2cncc(Br)c2)c2ccsc2n1. The van der Waals surface area contributed by atoms with Gasteiger partial charge in [0, 0.05) is 10.7 Å². The summed E-state index contributed by atoms with van der Waals surface area (Å²) in [6.45, 7) is 0. The Balaban J connectivity index is 2.06. The Kier molecular flexibility index (Phi) is 2.85. The highest BCUT2D eigenvalue weighted by atomic mass is 79.9. The van der Waals surface area contributed by atoms with Gasteiger partial charge in [-0.15, -0.1) is 11.3 Å². The summed E-state index contributed by atoms with van der Waals surface area (Å²) in [6, 6.07) is 3.71. The zero-order valence-electron chi connectivity index (χ0n) is 9.00. The molecular weight excluding hydrogens is 316 g/mol. The molecule has 2 N–H and O–H groups in total. The second kappa shape index (κ2) is 4.51. The number of nitrogens with two attached hydrogens (primary N) is 1. The van der Waals surface area contributed by atoms with Crippen LogP contribution in [0.2, 0.25) is 0 Å². The molecule has 0 unspecified atom stereocenters. The van der Waals surface area contributed by atoms with Crippen molar-refractivity contribution < 1.29 is 4.74 Å². The van der Waals surface area contributed by atoms with Crippen molar-refractivity contribution in [2.24, 2.45) is 0 Å². The number of halogens is 1. The molecule has 0 radical (unpaired) electrons. The quantitative estimate of drug-likeness (QED) is 0.784. The van der Waals surface area contributed by atoms with Gasteiger partial charge in [-0.05, 0) is 33.4 Å². The average molecular weight is 323 g/mol. The average Bonchev–Trinajstić information content (AvgIpc) is 2.77. The highest BCUT2D eigenvalue weighted by molar-refractivity contribution is 9.10. The summed E-state index contributed by atoms with van der Waals surface area (Å²) in [5.74, 6) is 1.23. The molecule has 7 heteroatoms. The first-order valence-corrected chi connectivity index (χ1v) is 6.69. The molecule has 3 rings (SSSR count). The summed E-state index contributed by atoms with van der Waals surface area (Å²) < 4.78 is 6.53. The molecule has 90 valence electrons. The smallest absolute Gasteiger partial charge is 0.232 e. The van der Waals surface area contributed by atoms with Gasteiger partial charge in [-0.2, -0.15) is 4.98 Å². The molecular formula is C11H7BrN4OS. The molecule has 0 amide bonds. The number of pyridine rings is 1. The first kappa shape index (κ1) is 11.4. The normalized spacial score (nSPS) is 10.7. The molecule has 0 atom stereocenters. The molecule has 0 spiro atoms. The third-order valence-corrected chi connectivity index (χ3v) is 3.44. The highest BCUT2D eigenvalue weighted by Crippen LogP contribution is 2.31. The molecule has 0 aromatic carbocycles.